The van der Waals surface area contributed by atoms with Crippen molar-refractivity contribution in [2.45, 2.75) is 123 Å². The van der Waals surface area contributed by atoms with Crippen molar-refractivity contribution in [1.82, 2.24) is 0 Å². The summed E-state index contributed by atoms with van der Waals surface area (Å²) in [6.07, 6.45) is 4.55. The lowest BCUT2D eigenvalue weighted by molar-refractivity contribution is 0.249. The zero-order chi connectivity index (χ0) is 35.1. The summed E-state index contributed by atoms with van der Waals surface area (Å²) in [6, 6.07) is 16.2. The van der Waals surface area contributed by atoms with Crippen LogP contribution in [0.5, 0.6) is 5.75 Å². The fourth-order valence-electron chi connectivity index (χ4n) is 5.61. The number of sulfonamides is 1. The number of nitrogens with two attached hydrogens (primary N) is 1. The van der Waals surface area contributed by atoms with Crippen molar-refractivity contribution in [3.8, 4) is 5.75 Å². The third kappa shape index (κ3) is 9.89. The van der Waals surface area contributed by atoms with E-state index < -0.39 is 21.6 Å². The molecule has 0 spiro atoms. The molecule has 258 valence electrons. The van der Waals surface area contributed by atoms with Crippen molar-refractivity contribution >= 4 is 38.8 Å². The quantitative estimate of drug-likeness (QED) is 0.140. The van der Waals surface area contributed by atoms with Crippen molar-refractivity contribution in [1.29, 1.82) is 0 Å². The van der Waals surface area contributed by atoms with Gasteiger partial charge in [0.15, 0.2) is 0 Å². The Kier molecular flexibility index (Phi) is 12.8. The second kappa shape index (κ2) is 15.9. The number of anilines is 4. The van der Waals surface area contributed by atoms with Gasteiger partial charge in [-0.15, -0.1) is 0 Å². The molecule has 0 bridgehead atoms. The molecule has 0 fully saturated rings. The number of urea groups is 1. The highest BCUT2D eigenvalue weighted by Gasteiger charge is 2.31. The van der Waals surface area contributed by atoms with Gasteiger partial charge in [-0.1, -0.05) is 79.9 Å². The van der Waals surface area contributed by atoms with E-state index in [-0.39, 0.29) is 17.8 Å². The summed E-state index contributed by atoms with van der Waals surface area (Å²) >= 11 is 0. The first-order valence-corrected chi connectivity index (χ1v) is 18.4. The molecular weight excluding hydrogens is 609 g/mol. The lowest BCUT2D eigenvalue weighted by Crippen LogP contribution is -2.49. The first-order chi connectivity index (χ1) is 22.0. The number of amides is 2. The van der Waals surface area contributed by atoms with E-state index in [1.165, 1.54) is 17.7 Å². The standard InChI is InChI=1S/C38H56N4O4S/c1-11-12-13-14-21-46-31-18-15-29(16-19-31)40-34-20-17-30(24-35(34)42(37(39)43)38(8,9)10)41-47(44,45)36-32(26(4)5)22-28(25(2)3)23-33(36)27(6)7/h15-20,22-27,40-41H,11-14,21H2,1-10H3,(H2,39,43). The number of benzene rings is 3. The van der Waals surface area contributed by atoms with Crippen LogP contribution in [0, 0.1) is 0 Å². The molecule has 0 radical (unpaired) electrons. The van der Waals surface area contributed by atoms with Crippen molar-refractivity contribution in [3.05, 3.63) is 71.3 Å². The monoisotopic (exact) mass is 664 g/mol. The molecule has 0 unspecified atom stereocenters. The van der Waals surface area contributed by atoms with Gasteiger partial charge in [0.25, 0.3) is 10.0 Å². The highest BCUT2D eigenvalue weighted by Crippen LogP contribution is 2.39. The Hall–Kier alpha value is -3.72. The summed E-state index contributed by atoms with van der Waals surface area (Å²) in [7, 11) is -4.01. The Bertz CT molecular complexity index is 1580. The second-order valence-electron chi connectivity index (χ2n) is 14.2. The minimum atomic E-state index is -4.01. The molecule has 0 saturated carbocycles. The number of hydrogen-bond acceptors (Lipinski definition) is 5. The maximum absolute atomic E-state index is 14.2. The van der Waals surface area contributed by atoms with Crippen LogP contribution in [0.3, 0.4) is 0 Å². The molecule has 47 heavy (non-hydrogen) atoms. The Morgan fingerprint density at radius 3 is 1.89 bits per heavy atom. The zero-order valence-corrected chi connectivity index (χ0v) is 30.8. The summed E-state index contributed by atoms with van der Waals surface area (Å²) < 4.78 is 37.2. The third-order valence-electron chi connectivity index (χ3n) is 8.13. The number of carbonyl (C=O) groups is 1. The number of nitrogens with one attached hydrogen (secondary N) is 2. The molecule has 3 aromatic rings. The molecule has 9 heteroatoms. The number of carbonyl (C=O) groups excluding carboxylic acids is 1. The van der Waals surface area contributed by atoms with Gasteiger partial charge in [-0.25, -0.2) is 13.2 Å². The first kappa shape index (κ1) is 37.7. The fourth-order valence-corrected chi connectivity index (χ4v) is 7.36. The summed E-state index contributed by atoms with van der Waals surface area (Å²) in [4.78, 5) is 14.7. The molecule has 0 aliphatic carbocycles. The average Bonchev–Trinajstić information content (AvgIpc) is 2.97. The minimum absolute atomic E-state index is 0.0102. The maximum Gasteiger partial charge on any atom is 0.319 e. The van der Waals surface area contributed by atoms with E-state index in [0.29, 0.717) is 28.6 Å². The Morgan fingerprint density at radius 2 is 1.40 bits per heavy atom. The molecule has 2 amide bonds. The second-order valence-corrected chi connectivity index (χ2v) is 15.9. The van der Waals surface area contributed by atoms with E-state index in [4.69, 9.17) is 10.5 Å². The highest BCUT2D eigenvalue weighted by molar-refractivity contribution is 7.92. The Labute approximate surface area is 283 Å². The van der Waals surface area contributed by atoms with Crippen LogP contribution >= 0.6 is 0 Å². The van der Waals surface area contributed by atoms with Crippen LogP contribution in [0.2, 0.25) is 0 Å². The van der Waals surface area contributed by atoms with Crippen LogP contribution in [0.1, 0.15) is 129 Å². The first-order valence-electron chi connectivity index (χ1n) is 16.9. The van der Waals surface area contributed by atoms with Crippen LogP contribution < -0.4 is 25.4 Å². The minimum Gasteiger partial charge on any atom is -0.494 e. The number of primary amides is 1. The molecular formula is C38H56N4O4S. The van der Waals surface area contributed by atoms with E-state index >= 15 is 0 Å². The molecule has 0 atom stereocenters. The van der Waals surface area contributed by atoms with Gasteiger partial charge in [0.2, 0.25) is 0 Å². The van der Waals surface area contributed by atoms with Crippen molar-refractivity contribution in [2.75, 3.05) is 21.5 Å². The Balaban J connectivity index is 2.04. The van der Waals surface area contributed by atoms with Crippen LogP contribution in [0.25, 0.3) is 0 Å². The smallest absolute Gasteiger partial charge is 0.319 e. The van der Waals surface area contributed by atoms with E-state index in [1.54, 1.807) is 18.2 Å². The van der Waals surface area contributed by atoms with Gasteiger partial charge in [-0.05, 0) is 104 Å². The average molecular weight is 665 g/mol. The molecule has 0 aliphatic rings. The summed E-state index contributed by atoms with van der Waals surface area (Å²) in [5.74, 6) is 1.02. The summed E-state index contributed by atoms with van der Waals surface area (Å²) in [5.41, 5.74) is 10.1. The summed E-state index contributed by atoms with van der Waals surface area (Å²) in [6.45, 7) is 20.8. The van der Waals surface area contributed by atoms with E-state index in [1.807, 2.05) is 84.9 Å². The normalized spacial score (nSPS) is 12.1. The van der Waals surface area contributed by atoms with E-state index in [9.17, 15) is 13.2 Å². The van der Waals surface area contributed by atoms with Crippen LogP contribution in [0.4, 0.5) is 27.5 Å². The molecule has 4 N–H and O–H groups in total. The number of nitrogens with zero attached hydrogens (tertiary/aromatic N) is 1. The fraction of sp³-hybridized carbons (Fsp3) is 0.500. The van der Waals surface area contributed by atoms with Crippen LogP contribution in [-0.2, 0) is 10.0 Å². The molecule has 0 saturated heterocycles. The molecule has 8 nitrogen and oxygen atoms in total. The largest absolute Gasteiger partial charge is 0.494 e. The van der Waals surface area contributed by atoms with Crippen molar-refractivity contribution in [3.63, 3.8) is 0 Å². The van der Waals surface area contributed by atoms with Gasteiger partial charge in [-0.2, -0.15) is 0 Å². The third-order valence-corrected chi connectivity index (χ3v) is 9.64. The SMILES string of the molecule is CCCCCCOc1ccc(Nc2ccc(NS(=O)(=O)c3c(C(C)C)cc(C(C)C)cc3C(C)C)cc2N(C(N)=O)C(C)(C)C)cc1. The number of rotatable bonds is 15. The predicted molar refractivity (Wildman–Crippen MR) is 197 cm³/mol. The van der Waals surface area contributed by atoms with Gasteiger partial charge >= 0.3 is 6.03 Å². The molecule has 3 rings (SSSR count). The van der Waals surface area contributed by atoms with Crippen molar-refractivity contribution in [2.24, 2.45) is 5.73 Å². The van der Waals surface area contributed by atoms with Gasteiger partial charge in [0.1, 0.15) is 5.75 Å². The molecule has 0 aliphatic heterocycles. The summed E-state index contributed by atoms with van der Waals surface area (Å²) in [5, 5.41) is 3.40. The van der Waals surface area contributed by atoms with E-state index in [0.717, 1.165) is 41.0 Å². The molecule has 3 aromatic carbocycles. The lowest BCUT2D eigenvalue weighted by atomic mass is 9.89. The van der Waals surface area contributed by atoms with Crippen LogP contribution in [-0.4, -0.2) is 26.6 Å². The van der Waals surface area contributed by atoms with Gasteiger partial charge in [0.05, 0.1) is 28.6 Å². The number of ether oxygens (including phenoxy) is 1. The predicted octanol–water partition coefficient (Wildman–Crippen LogP) is 10.2. The molecule has 0 aromatic heterocycles. The molecule has 0 heterocycles. The zero-order valence-electron chi connectivity index (χ0n) is 30.0. The highest BCUT2D eigenvalue weighted by atomic mass is 32.2. The number of unbranched alkanes of at least 4 members (excludes halogenated alkanes) is 3. The van der Waals surface area contributed by atoms with Gasteiger partial charge in [-0.3, -0.25) is 9.62 Å². The number of hydrogen-bond donors (Lipinski definition) is 3. The lowest BCUT2D eigenvalue weighted by Gasteiger charge is -2.36. The van der Waals surface area contributed by atoms with Crippen LogP contribution in [0.15, 0.2) is 59.5 Å². The van der Waals surface area contributed by atoms with Crippen molar-refractivity contribution < 1.29 is 17.9 Å². The van der Waals surface area contributed by atoms with Gasteiger partial charge in [0, 0.05) is 11.2 Å². The van der Waals surface area contributed by atoms with E-state index in [2.05, 4.69) is 30.8 Å². The van der Waals surface area contributed by atoms with Gasteiger partial charge < -0.3 is 15.8 Å². The maximum atomic E-state index is 14.2. The Morgan fingerprint density at radius 1 is 0.830 bits per heavy atom. The topological polar surface area (TPSA) is 114 Å².